The molecule has 0 aromatic heterocycles. The molecule has 0 fully saturated rings. The van der Waals surface area contributed by atoms with Crippen LogP contribution in [0.5, 0.6) is 0 Å². The number of benzene rings is 4. The van der Waals surface area contributed by atoms with Gasteiger partial charge in [-0.15, -0.1) is 0 Å². The molecular formula is C40H45N3O11. The van der Waals surface area contributed by atoms with Gasteiger partial charge in [-0.25, -0.2) is 4.79 Å². The zero-order chi connectivity index (χ0) is 38.9. The van der Waals surface area contributed by atoms with E-state index in [2.05, 4.69) is 16.0 Å². The highest BCUT2D eigenvalue weighted by Crippen LogP contribution is 2.28. The van der Waals surface area contributed by atoms with Crippen LogP contribution in [0.25, 0.3) is 0 Å². The molecule has 4 aromatic rings. The molecule has 6 atom stereocenters. The molecule has 0 aliphatic carbocycles. The maximum atomic E-state index is 13.4. The van der Waals surface area contributed by atoms with Gasteiger partial charge in [-0.1, -0.05) is 121 Å². The van der Waals surface area contributed by atoms with Gasteiger partial charge in [-0.3, -0.25) is 14.4 Å². The highest BCUT2D eigenvalue weighted by molar-refractivity contribution is 5.86. The number of esters is 1. The van der Waals surface area contributed by atoms with Crippen molar-refractivity contribution >= 4 is 23.9 Å². The van der Waals surface area contributed by atoms with Crippen LogP contribution < -0.4 is 16.0 Å². The Morgan fingerprint density at radius 1 is 0.648 bits per heavy atom. The summed E-state index contributed by atoms with van der Waals surface area (Å²) < 4.78 is 16.1. The molecule has 4 rings (SSSR count). The van der Waals surface area contributed by atoms with E-state index < -0.39 is 73.0 Å². The first-order chi connectivity index (χ1) is 26.1. The van der Waals surface area contributed by atoms with Crippen LogP contribution in [0.4, 0.5) is 4.79 Å². The number of alkyl carbamates (subject to hydrolysis) is 1. The summed E-state index contributed by atoms with van der Waals surface area (Å²) in [5, 5.41) is 49.7. The van der Waals surface area contributed by atoms with Crippen LogP contribution in [0.15, 0.2) is 121 Å². The number of amides is 3. The number of carbonyl (C=O) groups is 4. The minimum atomic E-state index is -2.28. The quantitative estimate of drug-likeness (QED) is 0.0691. The first-order valence-corrected chi connectivity index (χ1v) is 17.2. The van der Waals surface area contributed by atoms with E-state index in [0.29, 0.717) is 11.1 Å². The normalized spacial score (nSPS) is 14.4. The molecule has 0 radical (unpaired) electrons. The third-order valence-electron chi connectivity index (χ3n) is 8.38. The molecule has 0 saturated carbocycles. The first-order valence-electron chi connectivity index (χ1n) is 17.2. The minimum Gasteiger partial charge on any atom is -0.452 e. The van der Waals surface area contributed by atoms with Gasteiger partial charge in [-0.05, 0) is 22.3 Å². The van der Waals surface area contributed by atoms with Gasteiger partial charge in [0.2, 0.25) is 5.91 Å². The van der Waals surface area contributed by atoms with E-state index in [1.807, 2.05) is 60.7 Å². The fraction of sp³-hybridized carbons (Fsp3) is 0.300. The van der Waals surface area contributed by atoms with Gasteiger partial charge in [-0.2, -0.15) is 0 Å². The van der Waals surface area contributed by atoms with Crippen LogP contribution in [0.1, 0.15) is 40.8 Å². The number of rotatable bonds is 19. The zero-order valence-corrected chi connectivity index (χ0v) is 29.6. The molecule has 286 valence electrons. The maximum Gasteiger partial charge on any atom is 0.408 e. The van der Waals surface area contributed by atoms with Crippen LogP contribution in [0.3, 0.4) is 0 Å². The van der Waals surface area contributed by atoms with Gasteiger partial charge in [0.05, 0.1) is 31.7 Å². The number of nitrogens with one attached hydrogen (secondary N) is 3. The number of aliphatic hydroxyl groups excluding tert-OH is 4. The van der Waals surface area contributed by atoms with Crippen molar-refractivity contribution in [2.45, 2.75) is 55.6 Å². The molecular weight excluding hydrogens is 698 g/mol. The standard InChI is InChI=1S/C40H45N3O11/c1-52-25-32(43-40(51)53-24-26-14-6-2-7-15-26)38(49)42-31(23-44)34(46)35(47)36(48)39(50)41-30(27-16-8-3-9-17-27)22-33(45)54-37(28-18-10-4-11-19-28)29-20-12-5-13-21-29/h2-21,30-32,34-37,44,46-48H,22-25H2,1H3,(H,41,50)(H,42,49)(H,43,51)/t30-,31-,32-,34+,35+,36-/m0/s1. The summed E-state index contributed by atoms with van der Waals surface area (Å²) in [7, 11) is 1.28. The van der Waals surface area contributed by atoms with Gasteiger partial charge < -0.3 is 50.6 Å². The summed E-state index contributed by atoms with van der Waals surface area (Å²) in [4.78, 5) is 52.2. The van der Waals surface area contributed by atoms with E-state index in [-0.39, 0.29) is 19.6 Å². The Balaban J connectivity index is 1.39. The van der Waals surface area contributed by atoms with Crippen molar-refractivity contribution in [2.24, 2.45) is 0 Å². The molecule has 0 heterocycles. The predicted octanol–water partition coefficient (Wildman–Crippen LogP) is 2.07. The largest absolute Gasteiger partial charge is 0.452 e. The third kappa shape index (κ3) is 12.2. The van der Waals surface area contributed by atoms with Crippen LogP contribution in [0.2, 0.25) is 0 Å². The second-order valence-corrected chi connectivity index (χ2v) is 12.3. The number of methoxy groups -OCH3 is 1. The van der Waals surface area contributed by atoms with Crippen molar-refractivity contribution in [3.63, 3.8) is 0 Å². The van der Waals surface area contributed by atoms with Crippen molar-refractivity contribution < 1.29 is 53.8 Å². The molecule has 0 bridgehead atoms. The molecule has 54 heavy (non-hydrogen) atoms. The van der Waals surface area contributed by atoms with Crippen molar-refractivity contribution in [1.29, 1.82) is 0 Å². The molecule has 7 N–H and O–H groups in total. The van der Waals surface area contributed by atoms with Crippen molar-refractivity contribution in [1.82, 2.24) is 16.0 Å². The maximum absolute atomic E-state index is 13.4. The second-order valence-electron chi connectivity index (χ2n) is 12.3. The highest BCUT2D eigenvalue weighted by Gasteiger charge is 2.38. The Morgan fingerprint density at radius 2 is 1.17 bits per heavy atom. The van der Waals surface area contributed by atoms with Crippen LogP contribution in [-0.4, -0.2) is 95.0 Å². The zero-order valence-electron chi connectivity index (χ0n) is 29.6. The lowest BCUT2D eigenvalue weighted by atomic mass is 9.98. The summed E-state index contributed by atoms with van der Waals surface area (Å²) in [6.45, 7) is -1.33. The molecule has 3 amide bonds. The van der Waals surface area contributed by atoms with E-state index in [4.69, 9.17) is 14.2 Å². The van der Waals surface area contributed by atoms with Crippen molar-refractivity contribution in [3.8, 4) is 0 Å². The van der Waals surface area contributed by atoms with Crippen LogP contribution in [0, 0.1) is 0 Å². The Bertz CT molecular complexity index is 1710. The Morgan fingerprint density at radius 3 is 1.69 bits per heavy atom. The number of carbonyl (C=O) groups excluding carboxylic acids is 4. The van der Waals surface area contributed by atoms with E-state index in [9.17, 15) is 39.6 Å². The van der Waals surface area contributed by atoms with Gasteiger partial charge >= 0.3 is 12.1 Å². The SMILES string of the molecule is COC[C@H](NC(=O)OCc1ccccc1)C(=O)N[C@@H](CO)[C@@H](O)[C@@H](O)[C@H](O)C(=O)N[C@@H](CC(=O)OC(c1ccccc1)c1ccccc1)c1ccccc1. The fourth-order valence-corrected chi connectivity index (χ4v) is 5.48. The number of hydrogen-bond donors (Lipinski definition) is 7. The van der Waals surface area contributed by atoms with Gasteiger partial charge in [0.1, 0.15) is 24.9 Å². The Labute approximate surface area is 312 Å². The van der Waals surface area contributed by atoms with Crippen molar-refractivity contribution in [3.05, 3.63) is 144 Å². The van der Waals surface area contributed by atoms with E-state index in [0.717, 1.165) is 11.1 Å². The average molecular weight is 744 g/mol. The monoisotopic (exact) mass is 743 g/mol. The van der Waals surface area contributed by atoms with E-state index >= 15 is 0 Å². The highest BCUT2D eigenvalue weighted by atomic mass is 16.6. The van der Waals surface area contributed by atoms with E-state index in [1.54, 1.807) is 60.7 Å². The van der Waals surface area contributed by atoms with Gasteiger partial charge in [0.25, 0.3) is 5.91 Å². The van der Waals surface area contributed by atoms with E-state index in [1.165, 1.54) is 7.11 Å². The Hall–Kier alpha value is -5.64. The molecule has 0 aliphatic rings. The minimum absolute atomic E-state index is 0.0771. The molecule has 0 unspecified atom stereocenters. The molecule has 4 aromatic carbocycles. The fourth-order valence-electron chi connectivity index (χ4n) is 5.48. The van der Waals surface area contributed by atoms with Crippen molar-refractivity contribution in [2.75, 3.05) is 20.3 Å². The summed E-state index contributed by atoms with van der Waals surface area (Å²) in [5.74, 6) is -2.76. The molecule has 0 saturated heterocycles. The average Bonchev–Trinajstić information content (AvgIpc) is 3.21. The first kappa shape index (κ1) is 41.1. The predicted molar refractivity (Wildman–Crippen MR) is 195 cm³/mol. The van der Waals surface area contributed by atoms with Crippen LogP contribution >= 0.6 is 0 Å². The summed E-state index contributed by atoms with van der Waals surface area (Å²) in [5.41, 5.74) is 2.64. The smallest absolute Gasteiger partial charge is 0.408 e. The summed E-state index contributed by atoms with van der Waals surface area (Å²) in [6.07, 6.45) is -8.65. The number of aliphatic hydroxyl groups is 4. The van der Waals surface area contributed by atoms with Crippen LogP contribution in [-0.2, 0) is 35.2 Å². The second kappa shape index (κ2) is 21.2. The van der Waals surface area contributed by atoms with Gasteiger partial charge in [0, 0.05) is 7.11 Å². The summed E-state index contributed by atoms with van der Waals surface area (Å²) in [6, 6.07) is 31.5. The molecule has 14 heteroatoms. The third-order valence-corrected chi connectivity index (χ3v) is 8.38. The van der Waals surface area contributed by atoms with Gasteiger partial charge in [0.15, 0.2) is 12.2 Å². The molecule has 14 nitrogen and oxygen atoms in total. The number of hydrogen-bond acceptors (Lipinski definition) is 11. The number of ether oxygens (including phenoxy) is 3. The lowest BCUT2D eigenvalue weighted by Gasteiger charge is -2.30. The topological polar surface area (TPSA) is 213 Å². The lowest BCUT2D eigenvalue weighted by Crippen LogP contribution is -2.59. The lowest BCUT2D eigenvalue weighted by molar-refractivity contribution is -0.149. The Kier molecular flexibility index (Phi) is 16.1. The summed E-state index contributed by atoms with van der Waals surface area (Å²) >= 11 is 0. The molecule has 0 aliphatic heterocycles. The molecule has 0 spiro atoms.